The molecule has 0 radical (unpaired) electrons. The highest BCUT2D eigenvalue weighted by molar-refractivity contribution is 7.99. The molecule has 0 bridgehead atoms. The SMILES string of the molecule is O=C(c1ccccc1)N1CCSC(c2ccco2)CC1. The topological polar surface area (TPSA) is 33.5 Å². The lowest BCUT2D eigenvalue weighted by molar-refractivity contribution is 0.0766. The van der Waals surface area contributed by atoms with Gasteiger partial charge in [0, 0.05) is 24.4 Å². The third kappa shape index (κ3) is 2.90. The van der Waals surface area contributed by atoms with E-state index in [4.69, 9.17) is 4.42 Å². The quantitative estimate of drug-likeness (QED) is 0.846. The molecule has 1 unspecified atom stereocenters. The van der Waals surface area contributed by atoms with Crippen LogP contribution in [0.1, 0.15) is 27.8 Å². The van der Waals surface area contributed by atoms with Crippen LogP contribution in [-0.2, 0) is 0 Å². The molecule has 104 valence electrons. The standard InChI is InChI=1S/C16H17NO2S/c18-16(13-5-2-1-3-6-13)17-9-8-15(20-12-10-17)14-7-4-11-19-14/h1-7,11,15H,8-10,12H2. The molecule has 2 heterocycles. The summed E-state index contributed by atoms with van der Waals surface area (Å²) in [6.07, 6.45) is 2.66. The van der Waals surface area contributed by atoms with E-state index in [2.05, 4.69) is 0 Å². The van der Waals surface area contributed by atoms with Crippen LogP contribution < -0.4 is 0 Å². The molecule has 1 aromatic heterocycles. The second-order valence-corrected chi connectivity index (χ2v) is 6.13. The fraction of sp³-hybridized carbons (Fsp3) is 0.312. The molecule has 2 aromatic rings. The Bertz CT molecular complexity index is 553. The maximum Gasteiger partial charge on any atom is 0.253 e. The first-order valence-corrected chi connectivity index (χ1v) is 7.89. The van der Waals surface area contributed by atoms with Gasteiger partial charge in [-0.2, -0.15) is 0 Å². The number of benzene rings is 1. The number of hydrogen-bond donors (Lipinski definition) is 0. The monoisotopic (exact) mass is 287 g/mol. The zero-order chi connectivity index (χ0) is 13.8. The number of amides is 1. The second kappa shape index (κ2) is 6.18. The molecule has 0 saturated carbocycles. The highest BCUT2D eigenvalue weighted by atomic mass is 32.2. The minimum Gasteiger partial charge on any atom is -0.468 e. The van der Waals surface area contributed by atoms with Crippen molar-refractivity contribution in [2.24, 2.45) is 0 Å². The van der Waals surface area contributed by atoms with Gasteiger partial charge in [0.15, 0.2) is 0 Å². The average molecular weight is 287 g/mol. The van der Waals surface area contributed by atoms with Crippen molar-refractivity contribution in [1.82, 2.24) is 4.90 Å². The smallest absolute Gasteiger partial charge is 0.253 e. The predicted octanol–water partition coefficient (Wildman–Crippen LogP) is 3.60. The molecule has 1 amide bonds. The van der Waals surface area contributed by atoms with Crippen LogP contribution in [0.3, 0.4) is 0 Å². The van der Waals surface area contributed by atoms with Gasteiger partial charge in [0.1, 0.15) is 5.76 Å². The van der Waals surface area contributed by atoms with Crippen molar-refractivity contribution in [2.75, 3.05) is 18.8 Å². The molecule has 0 spiro atoms. The number of rotatable bonds is 2. The molecule has 1 aromatic carbocycles. The summed E-state index contributed by atoms with van der Waals surface area (Å²) >= 11 is 1.87. The lowest BCUT2D eigenvalue weighted by Crippen LogP contribution is -2.32. The number of carbonyl (C=O) groups is 1. The molecule has 1 fully saturated rings. The Balaban J connectivity index is 1.67. The third-order valence-corrected chi connectivity index (χ3v) is 4.80. The lowest BCUT2D eigenvalue weighted by Gasteiger charge is -2.20. The van der Waals surface area contributed by atoms with E-state index in [0.717, 1.165) is 36.6 Å². The Morgan fingerprint density at radius 3 is 2.75 bits per heavy atom. The van der Waals surface area contributed by atoms with Gasteiger partial charge in [-0.25, -0.2) is 0 Å². The van der Waals surface area contributed by atoms with E-state index in [9.17, 15) is 4.79 Å². The summed E-state index contributed by atoms with van der Waals surface area (Å²) < 4.78 is 5.48. The summed E-state index contributed by atoms with van der Waals surface area (Å²) in [7, 11) is 0. The molecular weight excluding hydrogens is 270 g/mol. The van der Waals surface area contributed by atoms with E-state index in [1.807, 2.05) is 59.1 Å². The van der Waals surface area contributed by atoms with E-state index >= 15 is 0 Å². The Hall–Kier alpha value is -1.68. The summed E-state index contributed by atoms with van der Waals surface area (Å²) in [5, 5.41) is 0.360. The summed E-state index contributed by atoms with van der Waals surface area (Å²) in [6, 6.07) is 13.5. The minimum atomic E-state index is 0.131. The number of furan rings is 1. The van der Waals surface area contributed by atoms with Crippen molar-refractivity contribution in [2.45, 2.75) is 11.7 Å². The second-order valence-electron chi connectivity index (χ2n) is 4.82. The van der Waals surface area contributed by atoms with E-state index in [1.54, 1.807) is 6.26 Å². The largest absolute Gasteiger partial charge is 0.468 e. The Labute approximate surface area is 123 Å². The summed E-state index contributed by atoms with van der Waals surface area (Å²) in [5.41, 5.74) is 0.772. The van der Waals surface area contributed by atoms with E-state index in [1.165, 1.54) is 0 Å². The molecule has 0 N–H and O–H groups in total. The van der Waals surface area contributed by atoms with Gasteiger partial charge in [-0.3, -0.25) is 4.79 Å². The molecule has 0 aliphatic carbocycles. The third-order valence-electron chi connectivity index (χ3n) is 3.51. The van der Waals surface area contributed by atoms with Crippen LogP contribution in [0, 0.1) is 0 Å². The number of thioether (sulfide) groups is 1. The van der Waals surface area contributed by atoms with Gasteiger partial charge < -0.3 is 9.32 Å². The molecule has 20 heavy (non-hydrogen) atoms. The zero-order valence-corrected chi connectivity index (χ0v) is 12.0. The van der Waals surface area contributed by atoms with Crippen molar-refractivity contribution in [3.8, 4) is 0 Å². The average Bonchev–Trinajstić information content (AvgIpc) is 2.92. The molecule has 1 aliphatic heterocycles. The van der Waals surface area contributed by atoms with Crippen LogP contribution in [0.5, 0.6) is 0 Å². The van der Waals surface area contributed by atoms with E-state index in [0.29, 0.717) is 5.25 Å². The lowest BCUT2D eigenvalue weighted by atomic mass is 10.2. The van der Waals surface area contributed by atoms with Crippen LogP contribution in [0.2, 0.25) is 0 Å². The van der Waals surface area contributed by atoms with Crippen LogP contribution in [0.4, 0.5) is 0 Å². The van der Waals surface area contributed by atoms with Crippen molar-refractivity contribution < 1.29 is 9.21 Å². The maximum atomic E-state index is 12.4. The number of nitrogens with zero attached hydrogens (tertiary/aromatic N) is 1. The first-order chi connectivity index (χ1) is 9.84. The molecule has 1 aliphatic rings. The summed E-state index contributed by atoms with van der Waals surface area (Å²) in [4.78, 5) is 14.4. The van der Waals surface area contributed by atoms with Gasteiger partial charge in [-0.1, -0.05) is 18.2 Å². The summed E-state index contributed by atoms with van der Waals surface area (Å²) in [6.45, 7) is 1.59. The first kappa shape index (κ1) is 13.3. The van der Waals surface area contributed by atoms with Crippen molar-refractivity contribution >= 4 is 17.7 Å². The molecule has 1 atom stereocenters. The van der Waals surface area contributed by atoms with Crippen LogP contribution in [0.25, 0.3) is 0 Å². The Morgan fingerprint density at radius 1 is 1.15 bits per heavy atom. The predicted molar refractivity (Wildman–Crippen MR) is 80.9 cm³/mol. The molecule has 3 rings (SSSR count). The summed E-state index contributed by atoms with van der Waals surface area (Å²) in [5.74, 6) is 2.10. The van der Waals surface area contributed by atoms with Gasteiger partial charge in [-0.15, -0.1) is 11.8 Å². The van der Waals surface area contributed by atoms with Gasteiger partial charge >= 0.3 is 0 Å². The van der Waals surface area contributed by atoms with Gasteiger partial charge in [0.2, 0.25) is 0 Å². The van der Waals surface area contributed by atoms with Crippen molar-refractivity contribution in [3.05, 3.63) is 60.1 Å². The Kier molecular flexibility index (Phi) is 4.11. The molecule has 4 heteroatoms. The highest BCUT2D eigenvalue weighted by Crippen LogP contribution is 2.34. The number of hydrogen-bond acceptors (Lipinski definition) is 3. The minimum absolute atomic E-state index is 0.131. The molecular formula is C16H17NO2S. The molecule has 1 saturated heterocycles. The Morgan fingerprint density at radius 2 is 2.00 bits per heavy atom. The maximum absolute atomic E-state index is 12.4. The first-order valence-electron chi connectivity index (χ1n) is 6.84. The zero-order valence-electron chi connectivity index (χ0n) is 11.2. The van der Waals surface area contributed by atoms with Gasteiger partial charge in [-0.05, 0) is 30.7 Å². The van der Waals surface area contributed by atoms with E-state index in [-0.39, 0.29) is 5.91 Å². The van der Waals surface area contributed by atoms with Crippen molar-refractivity contribution in [3.63, 3.8) is 0 Å². The fourth-order valence-corrected chi connectivity index (χ4v) is 3.62. The fourth-order valence-electron chi connectivity index (χ4n) is 2.44. The van der Waals surface area contributed by atoms with Crippen LogP contribution >= 0.6 is 11.8 Å². The number of carbonyl (C=O) groups excluding carboxylic acids is 1. The highest BCUT2D eigenvalue weighted by Gasteiger charge is 2.23. The van der Waals surface area contributed by atoms with Gasteiger partial charge in [0.05, 0.1) is 11.5 Å². The van der Waals surface area contributed by atoms with E-state index < -0.39 is 0 Å². The molecule has 3 nitrogen and oxygen atoms in total. The normalized spacial score (nSPS) is 19.6. The van der Waals surface area contributed by atoms with Crippen molar-refractivity contribution in [1.29, 1.82) is 0 Å². The van der Waals surface area contributed by atoms with Crippen LogP contribution in [0.15, 0.2) is 53.1 Å². The van der Waals surface area contributed by atoms with Gasteiger partial charge in [0.25, 0.3) is 5.91 Å². The van der Waals surface area contributed by atoms with Crippen LogP contribution in [-0.4, -0.2) is 29.6 Å².